The van der Waals surface area contributed by atoms with Crippen molar-refractivity contribution in [2.24, 2.45) is 0 Å². The summed E-state index contributed by atoms with van der Waals surface area (Å²) in [6, 6.07) is 0. The van der Waals surface area contributed by atoms with E-state index in [1.807, 2.05) is 0 Å². The first-order valence-corrected chi connectivity index (χ1v) is 5.23. The highest BCUT2D eigenvalue weighted by Gasteiger charge is 2.73. The molecule has 0 bridgehead atoms. The summed E-state index contributed by atoms with van der Waals surface area (Å²) in [7, 11) is 0. The minimum atomic E-state index is -6.51. The van der Waals surface area contributed by atoms with Crippen molar-refractivity contribution in [3.63, 3.8) is 0 Å². The number of rotatable bonds is 6. The molecule has 0 heterocycles. The lowest BCUT2D eigenvalue weighted by Crippen LogP contribution is -2.54. The standard InChI is InChI=1S/C9H10F7NO4/c1-2-20-6(19)17-3-5(18)21-4-7(10,11)8(12,13)9(14,15)16/h2-4H2,1H3,(H,17,19). The first-order valence-electron chi connectivity index (χ1n) is 5.23. The van der Waals surface area contributed by atoms with Crippen molar-refractivity contribution in [1.82, 2.24) is 5.32 Å². The molecular formula is C9H10F7NO4. The zero-order valence-corrected chi connectivity index (χ0v) is 10.4. The highest BCUT2D eigenvalue weighted by molar-refractivity contribution is 5.77. The summed E-state index contributed by atoms with van der Waals surface area (Å²) in [6.45, 7) is -2.19. The molecule has 0 spiro atoms. The third kappa shape index (κ3) is 5.27. The molecule has 0 aliphatic heterocycles. The third-order valence-electron chi connectivity index (χ3n) is 1.88. The Morgan fingerprint density at radius 2 is 1.52 bits per heavy atom. The molecule has 0 aromatic carbocycles. The van der Waals surface area contributed by atoms with E-state index in [0.29, 0.717) is 0 Å². The Morgan fingerprint density at radius 3 is 1.95 bits per heavy atom. The first-order chi connectivity index (χ1) is 9.35. The minimum Gasteiger partial charge on any atom is -0.458 e. The Morgan fingerprint density at radius 1 is 1.00 bits per heavy atom. The van der Waals surface area contributed by atoms with Gasteiger partial charge in [-0.25, -0.2) is 4.79 Å². The van der Waals surface area contributed by atoms with E-state index in [4.69, 9.17) is 0 Å². The second kappa shape index (κ2) is 6.80. The highest BCUT2D eigenvalue weighted by atomic mass is 19.4. The summed E-state index contributed by atoms with van der Waals surface area (Å²) < 4.78 is 93.4. The van der Waals surface area contributed by atoms with Gasteiger partial charge in [-0.15, -0.1) is 0 Å². The Balaban J connectivity index is 4.44. The van der Waals surface area contributed by atoms with Gasteiger partial charge in [-0.05, 0) is 6.92 Å². The van der Waals surface area contributed by atoms with Crippen LogP contribution in [0.2, 0.25) is 0 Å². The van der Waals surface area contributed by atoms with Crippen LogP contribution in [0.3, 0.4) is 0 Å². The molecule has 0 aromatic heterocycles. The molecule has 0 saturated carbocycles. The van der Waals surface area contributed by atoms with E-state index in [1.165, 1.54) is 6.92 Å². The van der Waals surface area contributed by atoms with E-state index in [-0.39, 0.29) is 6.61 Å². The topological polar surface area (TPSA) is 64.6 Å². The maximum Gasteiger partial charge on any atom is 0.460 e. The van der Waals surface area contributed by atoms with Gasteiger partial charge in [0.2, 0.25) is 0 Å². The number of nitrogens with one attached hydrogen (secondary N) is 1. The van der Waals surface area contributed by atoms with Gasteiger partial charge in [0.05, 0.1) is 6.61 Å². The van der Waals surface area contributed by atoms with E-state index in [1.54, 1.807) is 5.32 Å². The molecule has 0 radical (unpaired) electrons. The molecule has 0 unspecified atom stereocenters. The van der Waals surface area contributed by atoms with Crippen molar-refractivity contribution in [3.8, 4) is 0 Å². The summed E-state index contributed by atoms with van der Waals surface area (Å²) >= 11 is 0. The number of esters is 1. The van der Waals surface area contributed by atoms with E-state index >= 15 is 0 Å². The van der Waals surface area contributed by atoms with Crippen molar-refractivity contribution < 1.29 is 49.8 Å². The maximum atomic E-state index is 12.7. The van der Waals surface area contributed by atoms with Crippen LogP contribution in [0.25, 0.3) is 0 Å². The predicted molar refractivity (Wildman–Crippen MR) is 51.9 cm³/mol. The predicted octanol–water partition coefficient (Wildman–Crippen LogP) is 2.11. The number of hydrogen-bond donors (Lipinski definition) is 1. The fraction of sp³-hybridized carbons (Fsp3) is 0.778. The Hall–Kier alpha value is -1.75. The monoisotopic (exact) mass is 329 g/mol. The lowest BCUT2D eigenvalue weighted by atomic mass is 10.2. The highest BCUT2D eigenvalue weighted by Crippen LogP contribution is 2.46. The van der Waals surface area contributed by atoms with Gasteiger partial charge in [0, 0.05) is 0 Å². The first kappa shape index (κ1) is 19.2. The van der Waals surface area contributed by atoms with Crippen molar-refractivity contribution in [2.45, 2.75) is 24.9 Å². The van der Waals surface area contributed by atoms with E-state index in [0.717, 1.165) is 0 Å². The third-order valence-corrected chi connectivity index (χ3v) is 1.88. The number of ether oxygens (including phenoxy) is 2. The molecule has 5 nitrogen and oxygen atoms in total. The summed E-state index contributed by atoms with van der Waals surface area (Å²) in [6.07, 6.45) is -7.63. The number of hydrogen-bond acceptors (Lipinski definition) is 4. The van der Waals surface area contributed by atoms with Gasteiger partial charge in [0.1, 0.15) is 6.54 Å². The number of amides is 1. The maximum absolute atomic E-state index is 12.7. The molecule has 0 aliphatic carbocycles. The molecule has 1 amide bonds. The van der Waals surface area contributed by atoms with Crippen molar-refractivity contribution in [3.05, 3.63) is 0 Å². The molecule has 0 aliphatic rings. The van der Waals surface area contributed by atoms with Gasteiger partial charge in [0.15, 0.2) is 6.61 Å². The minimum absolute atomic E-state index is 0.0727. The zero-order valence-electron chi connectivity index (χ0n) is 10.4. The SMILES string of the molecule is CCOC(=O)NCC(=O)OCC(F)(F)C(F)(F)C(F)(F)F. The number of alkyl halides is 7. The van der Waals surface area contributed by atoms with Crippen LogP contribution in [0, 0.1) is 0 Å². The molecule has 1 N–H and O–H groups in total. The van der Waals surface area contributed by atoms with Crippen molar-refractivity contribution in [1.29, 1.82) is 0 Å². The average molecular weight is 329 g/mol. The largest absolute Gasteiger partial charge is 0.460 e. The molecule has 0 fully saturated rings. The second-order valence-electron chi connectivity index (χ2n) is 3.51. The van der Waals surface area contributed by atoms with Crippen LogP contribution in [0.1, 0.15) is 6.92 Å². The molecule has 21 heavy (non-hydrogen) atoms. The average Bonchev–Trinajstić information content (AvgIpc) is 2.32. The van der Waals surface area contributed by atoms with Crippen LogP contribution < -0.4 is 5.32 Å². The van der Waals surface area contributed by atoms with Crippen LogP contribution >= 0.6 is 0 Å². The number of alkyl carbamates (subject to hydrolysis) is 1. The number of carbonyl (C=O) groups excluding carboxylic acids is 2. The lowest BCUT2D eigenvalue weighted by molar-refractivity contribution is -0.359. The van der Waals surface area contributed by atoms with E-state index in [9.17, 15) is 40.3 Å². The molecule has 0 atom stereocenters. The van der Waals surface area contributed by atoms with Gasteiger partial charge < -0.3 is 14.8 Å². The van der Waals surface area contributed by atoms with Gasteiger partial charge >= 0.3 is 30.1 Å². The molecular weight excluding hydrogens is 319 g/mol. The fourth-order valence-corrected chi connectivity index (χ4v) is 0.847. The van der Waals surface area contributed by atoms with Gasteiger partial charge in [0.25, 0.3) is 0 Å². The number of carbonyl (C=O) groups is 2. The van der Waals surface area contributed by atoms with Gasteiger partial charge in [-0.2, -0.15) is 30.7 Å². The van der Waals surface area contributed by atoms with Crippen LogP contribution in [-0.2, 0) is 14.3 Å². The molecule has 12 heteroatoms. The zero-order chi connectivity index (χ0) is 16.9. The molecule has 0 saturated heterocycles. The fourth-order valence-electron chi connectivity index (χ4n) is 0.847. The summed E-state index contributed by atoms with van der Waals surface area (Å²) in [4.78, 5) is 21.5. The summed E-state index contributed by atoms with van der Waals surface area (Å²) in [5.74, 6) is -13.7. The molecule has 0 aromatic rings. The Kier molecular flexibility index (Phi) is 6.24. The van der Waals surface area contributed by atoms with Crippen molar-refractivity contribution in [2.75, 3.05) is 19.8 Å². The quantitative estimate of drug-likeness (QED) is 0.599. The number of halogens is 7. The second-order valence-corrected chi connectivity index (χ2v) is 3.51. The van der Waals surface area contributed by atoms with Crippen LogP contribution in [0.5, 0.6) is 0 Å². The Labute approximate surface area is 113 Å². The van der Waals surface area contributed by atoms with Crippen LogP contribution in [-0.4, -0.2) is 49.8 Å². The summed E-state index contributed by atoms with van der Waals surface area (Å²) in [5, 5.41) is 1.70. The van der Waals surface area contributed by atoms with E-state index < -0.39 is 43.2 Å². The normalized spacial score (nSPS) is 12.8. The van der Waals surface area contributed by atoms with Crippen LogP contribution in [0.15, 0.2) is 0 Å². The molecule has 0 rings (SSSR count). The van der Waals surface area contributed by atoms with E-state index in [2.05, 4.69) is 9.47 Å². The molecule has 124 valence electrons. The van der Waals surface area contributed by atoms with Crippen molar-refractivity contribution >= 4 is 12.1 Å². The Bertz CT molecular complexity index is 383. The van der Waals surface area contributed by atoms with Crippen LogP contribution in [0.4, 0.5) is 35.5 Å². The van der Waals surface area contributed by atoms with Gasteiger partial charge in [-0.3, -0.25) is 4.79 Å². The van der Waals surface area contributed by atoms with Gasteiger partial charge in [-0.1, -0.05) is 0 Å². The lowest BCUT2D eigenvalue weighted by Gasteiger charge is -2.27. The smallest absolute Gasteiger partial charge is 0.458 e. The summed E-state index contributed by atoms with van der Waals surface area (Å²) in [5.41, 5.74) is 0.